The van der Waals surface area contributed by atoms with Crippen molar-refractivity contribution in [3.05, 3.63) is 65.2 Å². The molecular weight excluding hydrogens is 430 g/mol. The number of anilines is 1. The van der Waals surface area contributed by atoms with E-state index in [0.717, 1.165) is 24.2 Å². The Labute approximate surface area is 201 Å². The SMILES string of the molecule is Cc1cccc(C(=O)N(CCN2CCOCC2)C2CC(=O)N(c3ccc(C(C)C)cc3)C2=O)c1. The Morgan fingerprint density at radius 2 is 1.79 bits per heavy atom. The second-order valence-electron chi connectivity index (χ2n) is 9.36. The van der Waals surface area contributed by atoms with Crippen LogP contribution in [0.3, 0.4) is 0 Å². The summed E-state index contributed by atoms with van der Waals surface area (Å²) in [5, 5.41) is 0. The first-order chi connectivity index (χ1) is 16.3. The minimum atomic E-state index is -0.814. The summed E-state index contributed by atoms with van der Waals surface area (Å²) in [5.74, 6) is -0.486. The number of carbonyl (C=O) groups excluding carboxylic acids is 3. The van der Waals surface area contributed by atoms with E-state index in [1.54, 1.807) is 11.0 Å². The zero-order chi connectivity index (χ0) is 24.2. The molecule has 0 saturated carbocycles. The summed E-state index contributed by atoms with van der Waals surface area (Å²) in [4.78, 5) is 45.1. The fourth-order valence-electron chi connectivity index (χ4n) is 4.56. The van der Waals surface area contributed by atoms with Crippen molar-refractivity contribution in [2.45, 2.75) is 39.2 Å². The minimum Gasteiger partial charge on any atom is -0.379 e. The van der Waals surface area contributed by atoms with Crippen molar-refractivity contribution >= 4 is 23.4 Å². The predicted octanol–water partition coefficient (Wildman–Crippen LogP) is 3.22. The number of morpholine rings is 1. The Bertz CT molecular complexity index is 1040. The third-order valence-electron chi connectivity index (χ3n) is 6.60. The smallest absolute Gasteiger partial charge is 0.257 e. The first-order valence-electron chi connectivity index (χ1n) is 12.0. The number of nitrogens with zero attached hydrogens (tertiary/aromatic N) is 3. The van der Waals surface area contributed by atoms with Crippen molar-refractivity contribution in [2.75, 3.05) is 44.3 Å². The largest absolute Gasteiger partial charge is 0.379 e. The monoisotopic (exact) mass is 463 g/mol. The lowest BCUT2D eigenvalue weighted by atomic mass is 10.0. The number of rotatable bonds is 7. The molecular formula is C27H33N3O4. The van der Waals surface area contributed by atoms with Crippen molar-refractivity contribution < 1.29 is 19.1 Å². The van der Waals surface area contributed by atoms with Gasteiger partial charge in [0.1, 0.15) is 6.04 Å². The van der Waals surface area contributed by atoms with Crippen molar-refractivity contribution in [1.29, 1.82) is 0 Å². The van der Waals surface area contributed by atoms with Crippen LogP contribution in [-0.2, 0) is 14.3 Å². The van der Waals surface area contributed by atoms with E-state index in [9.17, 15) is 14.4 Å². The quantitative estimate of drug-likeness (QED) is 0.590. The van der Waals surface area contributed by atoms with Crippen molar-refractivity contribution in [3.63, 3.8) is 0 Å². The summed E-state index contributed by atoms with van der Waals surface area (Å²) in [6.45, 7) is 10.0. The van der Waals surface area contributed by atoms with Gasteiger partial charge in [-0.3, -0.25) is 19.3 Å². The summed E-state index contributed by atoms with van der Waals surface area (Å²) >= 11 is 0. The number of carbonyl (C=O) groups is 3. The van der Waals surface area contributed by atoms with E-state index in [4.69, 9.17) is 4.74 Å². The molecule has 7 heteroatoms. The Morgan fingerprint density at radius 1 is 1.09 bits per heavy atom. The van der Waals surface area contributed by atoms with E-state index >= 15 is 0 Å². The van der Waals surface area contributed by atoms with E-state index in [1.165, 1.54) is 4.90 Å². The van der Waals surface area contributed by atoms with Crippen LogP contribution < -0.4 is 4.90 Å². The Hall–Kier alpha value is -3.03. The van der Waals surface area contributed by atoms with Crippen LogP contribution in [0.5, 0.6) is 0 Å². The van der Waals surface area contributed by atoms with E-state index < -0.39 is 6.04 Å². The van der Waals surface area contributed by atoms with Gasteiger partial charge in [-0.1, -0.05) is 43.7 Å². The molecule has 2 aliphatic rings. The number of benzene rings is 2. The van der Waals surface area contributed by atoms with Gasteiger partial charge in [-0.05, 0) is 42.7 Å². The number of aryl methyl sites for hydroxylation is 1. The molecule has 4 rings (SSSR count). The molecule has 34 heavy (non-hydrogen) atoms. The van der Waals surface area contributed by atoms with Crippen LogP contribution in [0.1, 0.15) is 47.7 Å². The third-order valence-corrected chi connectivity index (χ3v) is 6.60. The second kappa shape index (κ2) is 10.5. The number of imide groups is 1. The first kappa shape index (κ1) is 24.1. The van der Waals surface area contributed by atoms with Crippen LogP contribution >= 0.6 is 0 Å². The summed E-state index contributed by atoms with van der Waals surface area (Å²) < 4.78 is 5.43. The van der Waals surface area contributed by atoms with Gasteiger partial charge >= 0.3 is 0 Å². The fourth-order valence-corrected chi connectivity index (χ4v) is 4.56. The zero-order valence-corrected chi connectivity index (χ0v) is 20.2. The highest BCUT2D eigenvalue weighted by Crippen LogP contribution is 2.28. The molecule has 180 valence electrons. The molecule has 0 aliphatic carbocycles. The van der Waals surface area contributed by atoms with Gasteiger partial charge in [0.05, 0.1) is 25.3 Å². The van der Waals surface area contributed by atoms with E-state index in [0.29, 0.717) is 43.5 Å². The first-order valence-corrected chi connectivity index (χ1v) is 12.0. The van der Waals surface area contributed by atoms with Gasteiger partial charge < -0.3 is 9.64 Å². The van der Waals surface area contributed by atoms with Crippen molar-refractivity contribution in [2.24, 2.45) is 0 Å². The molecule has 0 N–H and O–H groups in total. The molecule has 2 heterocycles. The maximum absolute atomic E-state index is 13.6. The van der Waals surface area contributed by atoms with Gasteiger partial charge in [-0.15, -0.1) is 0 Å². The molecule has 0 bridgehead atoms. The van der Waals surface area contributed by atoms with Crippen molar-refractivity contribution in [3.8, 4) is 0 Å². The van der Waals surface area contributed by atoms with Gasteiger partial charge in [-0.25, -0.2) is 4.90 Å². The summed E-state index contributed by atoms with van der Waals surface area (Å²) in [7, 11) is 0. The number of hydrogen-bond donors (Lipinski definition) is 0. The maximum Gasteiger partial charge on any atom is 0.257 e. The molecule has 0 spiro atoms. The Kier molecular flexibility index (Phi) is 7.44. The standard InChI is InChI=1S/C27H33N3O4/c1-19(2)21-7-9-23(10-8-21)30-25(31)18-24(27(30)33)29(12-11-28-13-15-34-16-14-28)26(32)22-6-4-5-20(3)17-22/h4-10,17,19,24H,11-16,18H2,1-3H3. The third kappa shape index (κ3) is 5.21. The highest BCUT2D eigenvalue weighted by molar-refractivity contribution is 6.23. The summed E-state index contributed by atoms with van der Waals surface area (Å²) in [6.07, 6.45) is -0.00850. The maximum atomic E-state index is 13.6. The average molecular weight is 464 g/mol. The minimum absolute atomic E-state index is 0.00850. The van der Waals surface area contributed by atoms with E-state index in [-0.39, 0.29) is 24.1 Å². The van der Waals surface area contributed by atoms with Gasteiger partial charge in [-0.2, -0.15) is 0 Å². The molecule has 0 aromatic heterocycles. The number of ether oxygens (including phenoxy) is 1. The van der Waals surface area contributed by atoms with Crippen LogP contribution in [0, 0.1) is 6.92 Å². The van der Waals surface area contributed by atoms with Crippen LogP contribution in [0.2, 0.25) is 0 Å². The van der Waals surface area contributed by atoms with Crippen molar-refractivity contribution in [1.82, 2.24) is 9.80 Å². The molecule has 1 unspecified atom stereocenters. The molecule has 0 radical (unpaired) electrons. The molecule has 2 aliphatic heterocycles. The molecule has 2 aromatic rings. The highest BCUT2D eigenvalue weighted by atomic mass is 16.5. The Balaban J connectivity index is 1.58. The molecule has 2 fully saturated rings. The lowest BCUT2D eigenvalue weighted by Crippen LogP contribution is -2.49. The highest BCUT2D eigenvalue weighted by Gasteiger charge is 2.44. The normalized spacial score (nSPS) is 19.2. The zero-order valence-electron chi connectivity index (χ0n) is 20.2. The number of amides is 3. The van der Waals surface area contributed by atoms with E-state index in [2.05, 4.69) is 18.7 Å². The molecule has 1 atom stereocenters. The van der Waals surface area contributed by atoms with Gasteiger partial charge in [0.15, 0.2) is 0 Å². The van der Waals surface area contributed by atoms with Crippen LogP contribution in [-0.4, -0.2) is 73.0 Å². The topological polar surface area (TPSA) is 70.2 Å². The van der Waals surface area contributed by atoms with Gasteiger partial charge in [0, 0.05) is 31.7 Å². The predicted molar refractivity (Wildman–Crippen MR) is 131 cm³/mol. The summed E-state index contributed by atoms with van der Waals surface area (Å²) in [5.41, 5.74) is 3.20. The number of hydrogen-bond acceptors (Lipinski definition) is 5. The molecule has 2 aromatic carbocycles. The molecule has 7 nitrogen and oxygen atoms in total. The molecule has 3 amide bonds. The average Bonchev–Trinajstić information content (AvgIpc) is 3.13. The fraction of sp³-hybridized carbons (Fsp3) is 0.444. The van der Waals surface area contributed by atoms with Gasteiger partial charge in [0.25, 0.3) is 11.8 Å². The second-order valence-corrected chi connectivity index (χ2v) is 9.36. The van der Waals surface area contributed by atoms with Crippen LogP contribution in [0.25, 0.3) is 0 Å². The summed E-state index contributed by atoms with van der Waals surface area (Å²) in [6, 6.07) is 14.1. The lowest BCUT2D eigenvalue weighted by Gasteiger charge is -2.32. The van der Waals surface area contributed by atoms with E-state index in [1.807, 2.05) is 49.4 Å². The van der Waals surface area contributed by atoms with Crippen LogP contribution in [0.15, 0.2) is 48.5 Å². The Morgan fingerprint density at radius 3 is 2.44 bits per heavy atom. The lowest BCUT2D eigenvalue weighted by molar-refractivity contribution is -0.122. The van der Waals surface area contributed by atoms with Gasteiger partial charge in [0.2, 0.25) is 5.91 Å². The molecule has 2 saturated heterocycles. The van der Waals surface area contributed by atoms with Crippen LogP contribution in [0.4, 0.5) is 5.69 Å².